The van der Waals surface area contributed by atoms with Gasteiger partial charge in [0.1, 0.15) is 11.9 Å². The number of aromatic nitrogens is 3. The Morgan fingerprint density at radius 3 is 2.69 bits per heavy atom. The molecular formula is C23H17N3O2S. The summed E-state index contributed by atoms with van der Waals surface area (Å²) in [5.74, 6) is 1.38. The summed E-state index contributed by atoms with van der Waals surface area (Å²) >= 11 is 1.33. The first kappa shape index (κ1) is 17.6. The Hall–Kier alpha value is -3.51. The molecule has 5 nitrogen and oxygen atoms in total. The Morgan fingerprint density at radius 1 is 1.07 bits per heavy atom. The number of rotatable bonds is 3. The van der Waals surface area contributed by atoms with Gasteiger partial charge in [-0.25, -0.2) is 0 Å². The molecule has 1 atom stereocenters. The van der Waals surface area contributed by atoms with E-state index in [1.54, 1.807) is 0 Å². The molecule has 3 heterocycles. The number of thiazole rings is 1. The van der Waals surface area contributed by atoms with E-state index in [0.717, 1.165) is 22.4 Å². The van der Waals surface area contributed by atoms with Crippen LogP contribution in [0, 0.1) is 0 Å². The van der Waals surface area contributed by atoms with Gasteiger partial charge in [0.05, 0.1) is 4.53 Å². The van der Waals surface area contributed by atoms with Crippen LogP contribution < -0.4 is 14.8 Å². The molecule has 0 saturated heterocycles. The minimum Gasteiger partial charge on any atom is -0.485 e. The molecule has 2 aromatic heterocycles. The zero-order chi connectivity index (χ0) is 19.8. The second-order valence-electron chi connectivity index (χ2n) is 6.77. The van der Waals surface area contributed by atoms with E-state index in [0.29, 0.717) is 15.3 Å². The highest BCUT2D eigenvalue weighted by atomic mass is 32.1. The van der Waals surface area contributed by atoms with Crippen molar-refractivity contribution in [3.05, 3.63) is 92.0 Å². The van der Waals surface area contributed by atoms with Gasteiger partial charge in [-0.15, -0.1) is 5.10 Å². The van der Waals surface area contributed by atoms with Crippen LogP contribution >= 0.6 is 11.3 Å². The maximum Gasteiger partial charge on any atom is 0.291 e. The van der Waals surface area contributed by atoms with Crippen LogP contribution in [0.25, 0.3) is 29.3 Å². The molecule has 4 aromatic rings. The van der Waals surface area contributed by atoms with Crippen LogP contribution in [0.4, 0.5) is 0 Å². The molecule has 0 radical (unpaired) electrons. The van der Waals surface area contributed by atoms with E-state index in [9.17, 15) is 4.79 Å². The second kappa shape index (κ2) is 7.14. The van der Waals surface area contributed by atoms with E-state index in [1.807, 2.05) is 79.7 Å². The standard InChI is InChI=1S/C23H17N3O2S/c1-15-18(13-17-9-5-6-10-19(17)28-15)14-20-22(27)26-23(29-20)24-21(25-26)12-11-16-7-3-2-4-8-16/h2-15H,1H3/b12-11+,20-14-/t15-/m0/s1. The number of fused-ring (bicyclic) bond motifs is 2. The highest BCUT2D eigenvalue weighted by molar-refractivity contribution is 7.15. The van der Waals surface area contributed by atoms with Crippen molar-refractivity contribution in [1.29, 1.82) is 0 Å². The van der Waals surface area contributed by atoms with Crippen LogP contribution in [0.2, 0.25) is 0 Å². The van der Waals surface area contributed by atoms with Gasteiger partial charge in [0, 0.05) is 5.56 Å². The Kier molecular flexibility index (Phi) is 4.33. The van der Waals surface area contributed by atoms with Crippen molar-refractivity contribution in [3.8, 4) is 5.75 Å². The molecule has 0 fully saturated rings. The minimum absolute atomic E-state index is 0.129. The molecule has 142 valence electrons. The van der Waals surface area contributed by atoms with Crippen LogP contribution in [0.5, 0.6) is 5.75 Å². The molecule has 0 unspecified atom stereocenters. The number of para-hydroxylation sites is 1. The molecule has 0 bridgehead atoms. The van der Waals surface area contributed by atoms with Crippen molar-refractivity contribution in [1.82, 2.24) is 14.6 Å². The molecule has 0 spiro atoms. The number of ether oxygens (including phenoxy) is 1. The first-order chi connectivity index (χ1) is 14.2. The lowest BCUT2D eigenvalue weighted by Crippen LogP contribution is -2.26. The van der Waals surface area contributed by atoms with Gasteiger partial charge in [0.25, 0.3) is 5.56 Å². The molecule has 1 aliphatic rings. The van der Waals surface area contributed by atoms with Crippen molar-refractivity contribution in [2.24, 2.45) is 0 Å². The molecule has 5 rings (SSSR count). The Morgan fingerprint density at radius 2 is 1.86 bits per heavy atom. The highest BCUT2D eigenvalue weighted by Gasteiger charge is 2.18. The third-order valence-electron chi connectivity index (χ3n) is 4.73. The highest BCUT2D eigenvalue weighted by Crippen LogP contribution is 2.29. The summed E-state index contributed by atoms with van der Waals surface area (Å²) in [5, 5.41) is 4.34. The summed E-state index contributed by atoms with van der Waals surface area (Å²) in [7, 11) is 0. The summed E-state index contributed by atoms with van der Waals surface area (Å²) in [4.78, 5) is 17.8. The molecule has 0 amide bonds. The van der Waals surface area contributed by atoms with Gasteiger partial charge in [0.2, 0.25) is 4.96 Å². The van der Waals surface area contributed by atoms with Crippen LogP contribution in [-0.4, -0.2) is 20.7 Å². The molecule has 0 aliphatic carbocycles. The van der Waals surface area contributed by atoms with Gasteiger partial charge in [-0.1, -0.05) is 65.9 Å². The molecule has 2 aromatic carbocycles. The Labute approximate surface area is 170 Å². The van der Waals surface area contributed by atoms with E-state index >= 15 is 0 Å². The van der Waals surface area contributed by atoms with Crippen molar-refractivity contribution in [2.45, 2.75) is 13.0 Å². The second-order valence-corrected chi connectivity index (χ2v) is 7.78. The van der Waals surface area contributed by atoms with Gasteiger partial charge < -0.3 is 4.74 Å². The van der Waals surface area contributed by atoms with Gasteiger partial charge in [-0.2, -0.15) is 9.50 Å². The third kappa shape index (κ3) is 3.39. The number of benzene rings is 2. The zero-order valence-electron chi connectivity index (χ0n) is 15.6. The largest absolute Gasteiger partial charge is 0.485 e. The maximum atomic E-state index is 12.8. The van der Waals surface area contributed by atoms with Gasteiger partial charge in [-0.05, 0) is 42.4 Å². The molecular weight excluding hydrogens is 382 g/mol. The number of hydrogen-bond acceptors (Lipinski definition) is 5. The first-order valence-electron chi connectivity index (χ1n) is 9.29. The van der Waals surface area contributed by atoms with Crippen molar-refractivity contribution in [3.63, 3.8) is 0 Å². The fourth-order valence-electron chi connectivity index (χ4n) is 3.23. The summed E-state index contributed by atoms with van der Waals surface area (Å²) in [5.41, 5.74) is 2.86. The predicted octanol–water partition coefficient (Wildman–Crippen LogP) is 3.69. The fourth-order valence-corrected chi connectivity index (χ4v) is 4.14. The lowest BCUT2D eigenvalue weighted by atomic mass is 10.0. The van der Waals surface area contributed by atoms with Crippen LogP contribution in [0.1, 0.15) is 23.9 Å². The first-order valence-corrected chi connectivity index (χ1v) is 10.1. The molecule has 6 heteroatoms. The summed E-state index contributed by atoms with van der Waals surface area (Å²) < 4.78 is 7.92. The van der Waals surface area contributed by atoms with Crippen molar-refractivity contribution >= 4 is 40.6 Å². The van der Waals surface area contributed by atoms with E-state index in [-0.39, 0.29) is 11.7 Å². The fraction of sp³-hybridized carbons (Fsp3) is 0.0870. The molecule has 1 aliphatic heterocycles. The smallest absolute Gasteiger partial charge is 0.291 e. The monoisotopic (exact) mass is 399 g/mol. The predicted molar refractivity (Wildman–Crippen MR) is 117 cm³/mol. The summed E-state index contributed by atoms with van der Waals surface area (Å²) in [6, 6.07) is 17.8. The van der Waals surface area contributed by atoms with Gasteiger partial charge in [-0.3, -0.25) is 4.79 Å². The average Bonchev–Trinajstić information content (AvgIpc) is 3.27. The quantitative estimate of drug-likeness (QED) is 0.527. The number of nitrogens with zero attached hydrogens (tertiary/aromatic N) is 3. The lowest BCUT2D eigenvalue weighted by molar-refractivity contribution is 0.259. The van der Waals surface area contributed by atoms with Gasteiger partial charge >= 0.3 is 0 Å². The van der Waals surface area contributed by atoms with Crippen LogP contribution in [0.3, 0.4) is 0 Å². The van der Waals surface area contributed by atoms with E-state index < -0.39 is 0 Å². The van der Waals surface area contributed by atoms with Crippen molar-refractivity contribution in [2.75, 3.05) is 0 Å². The van der Waals surface area contributed by atoms with E-state index in [4.69, 9.17) is 4.74 Å². The Bertz CT molecular complexity index is 1370. The van der Waals surface area contributed by atoms with Crippen LogP contribution in [-0.2, 0) is 0 Å². The number of hydrogen-bond donors (Lipinski definition) is 0. The van der Waals surface area contributed by atoms with Gasteiger partial charge in [0.15, 0.2) is 5.82 Å². The third-order valence-corrected chi connectivity index (χ3v) is 5.69. The van der Waals surface area contributed by atoms with Crippen LogP contribution in [0.15, 0.2) is 65.0 Å². The van der Waals surface area contributed by atoms with E-state index in [2.05, 4.69) is 16.2 Å². The molecule has 0 N–H and O–H groups in total. The van der Waals surface area contributed by atoms with Crippen molar-refractivity contribution < 1.29 is 4.74 Å². The minimum atomic E-state index is -0.163. The normalized spacial score (nSPS) is 16.8. The van der Waals surface area contributed by atoms with E-state index in [1.165, 1.54) is 15.9 Å². The molecule has 29 heavy (non-hydrogen) atoms. The topological polar surface area (TPSA) is 56.5 Å². The molecule has 0 saturated carbocycles. The maximum absolute atomic E-state index is 12.8. The summed E-state index contributed by atoms with van der Waals surface area (Å²) in [6.07, 6.45) is 7.56. The zero-order valence-corrected chi connectivity index (χ0v) is 16.5. The average molecular weight is 399 g/mol. The SMILES string of the molecule is C[C@@H]1Oc2ccccc2C=C1/C=c1\sc2nc(/C=C/c3ccccc3)nn2c1=O. The Balaban J connectivity index is 1.50. The summed E-state index contributed by atoms with van der Waals surface area (Å²) in [6.45, 7) is 1.98. The lowest BCUT2D eigenvalue weighted by Gasteiger charge is -2.22.